The molecule has 1 heterocycles. The van der Waals surface area contributed by atoms with Crippen LogP contribution in [-0.2, 0) is 6.42 Å². The lowest BCUT2D eigenvalue weighted by molar-refractivity contribution is 0.407. The van der Waals surface area contributed by atoms with Crippen LogP contribution >= 0.6 is 0 Å². The van der Waals surface area contributed by atoms with Crippen LogP contribution in [0.1, 0.15) is 30.0 Å². The molecule has 0 aliphatic heterocycles. The van der Waals surface area contributed by atoms with Gasteiger partial charge in [-0.05, 0) is 32.0 Å². The second-order valence-electron chi connectivity index (χ2n) is 4.47. The number of methoxy groups -OCH3 is 1. The molecule has 2 aromatic rings. The average Bonchev–Trinajstić information content (AvgIpc) is 2.84. The van der Waals surface area contributed by atoms with Gasteiger partial charge < -0.3 is 9.15 Å². The SMILES string of the molecule is COc1ccccc1C(C)N=CCc1ccc(C)o1. The Kier molecular flexibility index (Phi) is 4.39. The molecular formula is C16H19NO2. The molecule has 0 amide bonds. The van der Waals surface area contributed by atoms with Gasteiger partial charge in [-0.15, -0.1) is 0 Å². The van der Waals surface area contributed by atoms with Crippen molar-refractivity contribution in [2.75, 3.05) is 7.11 Å². The summed E-state index contributed by atoms with van der Waals surface area (Å²) >= 11 is 0. The molecular weight excluding hydrogens is 238 g/mol. The molecule has 3 nitrogen and oxygen atoms in total. The van der Waals surface area contributed by atoms with Crippen LogP contribution in [0.2, 0.25) is 0 Å². The van der Waals surface area contributed by atoms with Gasteiger partial charge in [-0.3, -0.25) is 4.99 Å². The summed E-state index contributed by atoms with van der Waals surface area (Å²) in [6.45, 7) is 4.00. The van der Waals surface area contributed by atoms with Gasteiger partial charge in [0, 0.05) is 18.2 Å². The highest BCUT2D eigenvalue weighted by atomic mass is 16.5. The second-order valence-corrected chi connectivity index (χ2v) is 4.47. The van der Waals surface area contributed by atoms with Crippen molar-refractivity contribution < 1.29 is 9.15 Å². The Morgan fingerprint density at radius 1 is 1.26 bits per heavy atom. The number of benzene rings is 1. The lowest BCUT2D eigenvalue weighted by Crippen LogP contribution is -1.96. The highest BCUT2D eigenvalue weighted by Crippen LogP contribution is 2.26. The fourth-order valence-electron chi connectivity index (χ4n) is 1.99. The predicted molar refractivity (Wildman–Crippen MR) is 77.1 cm³/mol. The number of nitrogens with zero attached hydrogens (tertiary/aromatic N) is 1. The summed E-state index contributed by atoms with van der Waals surface area (Å²) in [6, 6.07) is 12.0. The molecule has 0 radical (unpaired) electrons. The average molecular weight is 257 g/mol. The fourth-order valence-corrected chi connectivity index (χ4v) is 1.99. The van der Waals surface area contributed by atoms with Crippen LogP contribution in [0.25, 0.3) is 0 Å². The Labute approximate surface area is 113 Å². The maximum atomic E-state index is 5.50. The largest absolute Gasteiger partial charge is 0.496 e. The van der Waals surface area contributed by atoms with Crippen molar-refractivity contribution in [1.29, 1.82) is 0 Å². The zero-order valence-electron chi connectivity index (χ0n) is 11.6. The van der Waals surface area contributed by atoms with Crippen molar-refractivity contribution in [3.05, 3.63) is 53.5 Å². The van der Waals surface area contributed by atoms with Gasteiger partial charge in [0.1, 0.15) is 17.3 Å². The van der Waals surface area contributed by atoms with E-state index in [1.54, 1.807) is 7.11 Å². The molecule has 0 saturated heterocycles. The first kappa shape index (κ1) is 13.4. The number of ether oxygens (including phenoxy) is 1. The molecule has 0 aliphatic carbocycles. The smallest absolute Gasteiger partial charge is 0.124 e. The number of hydrogen-bond donors (Lipinski definition) is 0. The van der Waals surface area contributed by atoms with Crippen LogP contribution in [0.4, 0.5) is 0 Å². The molecule has 100 valence electrons. The topological polar surface area (TPSA) is 34.7 Å². The first-order chi connectivity index (χ1) is 9.20. The van der Waals surface area contributed by atoms with Crippen molar-refractivity contribution in [3.63, 3.8) is 0 Å². The van der Waals surface area contributed by atoms with Crippen LogP contribution in [-0.4, -0.2) is 13.3 Å². The first-order valence-corrected chi connectivity index (χ1v) is 6.40. The summed E-state index contributed by atoms with van der Waals surface area (Å²) in [7, 11) is 1.68. The maximum absolute atomic E-state index is 5.50. The molecule has 1 aromatic carbocycles. The Morgan fingerprint density at radius 2 is 2.05 bits per heavy atom. The molecule has 3 heteroatoms. The highest BCUT2D eigenvalue weighted by Gasteiger charge is 2.08. The van der Waals surface area contributed by atoms with Gasteiger partial charge >= 0.3 is 0 Å². The van der Waals surface area contributed by atoms with Crippen LogP contribution in [0.3, 0.4) is 0 Å². The molecule has 0 aliphatic rings. The van der Waals surface area contributed by atoms with Crippen molar-refractivity contribution in [1.82, 2.24) is 0 Å². The summed E-state index contributed by atoms with van der Waals surface area (Å²) < 4.78 is 10.8. The van der Waals surface area contributed by atoms with Gasteiger partial charge in [-0.1, -0.05) is 18.2 Å². The fraction of sp³-hybridized carbons (Fsp3) is 0.312. The summed E-state index contributed by atoms with van der Waals surface area (Å²) in [5.41, 5.74) is 1.09. The van der Waals surface area contributed by atoms with E-state index in [1.807, 2.05) is 49.5 Å². The molecule has 0 fully saturated rings. The number of aliphatic imine (C=N–C) groups is 1. The minimum absolute atomic E-state index is 0.0761. The molecule has 0 bridgehead atoms. The standard InChI is InChI=1S/C16H19NO2/c1-12-8-9-14(19-12)10-11-17-13(2)15-6-4-5-7-16(15)18-3/h4-9,11,13H,10H2,1-3H3. The van der Waals surface area contributed by atoms with E-state index in [1.165, 1.54) is 0 Å². The predicted octanol–water partition coefficient (Wildman–Crippen LogP) is 3.97. The minimum Gasteiger partial charge on any atom is -0.496 e. The van der Waals surface area contributed by atoms with Crippen LogP contribution in [0, 0.1) is 6.92 Å². The molecule has 1 unspecified atom stereocenters. The molecule has 1 atom stereocenters. The van der Waals surface area contributed by atoms with Crippen molar-refractivity contribution in [2.24, 2.45) is 4.99 Å². The van der Waals surface area contributed by atoms with Crippen LogP contribution < -0.4 is 4.74 Å². The number of aryl methyl sites for hydroxylation is 1. The third-order valence-corrected chi connectivity index (χ3v) is 3.01. The van der Waals surface area contributed by atoms with Crippen LogP contribution in [0.5, 0.6) is 5.75 Å². The third kappa shape index (κ3) is 3.47. The van der Waals surface area contributed by atoms with E-state index in [0.717, 1.165) is 22.8 Å². The van der Waals surface area contributed by atoms with Gasteiger partial charge in [0.25, 0.3) is 0 Å². The maximum Gasteiger partial charge on any atom is 0.124 e. The first-order valence-electron chi connectivity index (χ1n) is 6.40. The van der Waals surface area contributed by atoms with E-state index in [0.29, 0.717) is 6.42 Å². The van der Waals surface area contributed by atoms with E-state index in [2.05, 4.69) is 11.9 Å². The van der Waals surface area contributed by atoms with Gasteiger partial charge in [-0.25, -0.2) is 0 Å². The van der Waals surface area contributed by atoms with E-state index >= 15 is 0 Å². The van der Waals surface area contributed by atoms with Crippen molar-refractivity contribution in [2.45, 2.75) is 26.3 Å². The Bertz CT molecular complexity index is 557. The quantitative estimate of drug-likeness (QED) is 0.759. The van der Waals surface area contributed by atoms with E-state index < -0.39 is 0 Å². The van der Waals surface area contributed by atoms with Gasteiger partial charge in [0.05, 0.1) is 13.2 Å². The molecule has 0 spiro atoms. The second kappa shape index (κ2) is 6.23. The monoisotopic (exact) mass is 257 g/mol. The van der Waals surface area contributed by atoms with E-state index in [9.17, 15) is 0 Å². The van der Waals surface area contributed by atoms with E-state index in [4.69, 9.17) is 9.15 Å². The van der Waals surface area contributed by atoms with Gasteiger partial charge in [-0.2, -0.15) is 0 Å². The van der Waals surface area contributed by atoms with Gasteiger partial charge in [0.2, 0.25) is 0 Å². The lowest BCUT2D eigenvalue weighted by atomic mass is 10.1. The number of hydrogen-bond acceptors (Lipinski definition) is 3. The number of rotatable bonds is 5. The molecule has 1 aromatic heterocycles. The molecule has 0 saturated carbocycles. The zero-order chi connectivity index (χ0) is 13.7. The lowest BCUT2D eigenvalue weighted by Gasteiger charge is -2.11. The van der Waals surface area contributed by atoms with Gasteiger partial charge in [0.15, 0.2) is 0 Å². The Hall–Kier alpha value is -2.03. The summed E-state index contributed by atoms with van der Waals surface area (Å²) in [5.74, 6) is 2.75. The Balaban J connectivity index is 2.02. The highest BCUT2D eigenvalue weighted by molar-refractivity contribution is 5.61. The van der Waals surface area contributed by atoms with Crippen LogP contribution in [0.15, 0.2) is 45.8 Å². The molecule has 2 rings (SSSR count). The number of para-hydroxylation sites is 1. The van der Waals surface area contributed by atoms with E-state index in [-0.39, 0.29) is 6.04 Å². The summed E-state index contributed by atoms with van der Waals surface area (Å²) in [5, 5.41) is 0. The molecule has 0 N–H and O–H groups in total. The Morgan fingerprint density at radius 3 is 2.74 bits per heavy atom. The van der Waals surface area contributed by atoms with Crippen molar-refractivity contribution in [3.8, 4) is 5.75 Å². The zero-order valence-corrected chi connectivity index (χ0v) is 11.6. The number of furan rings is 1. The normalized spacial score (nSPS) is 12.8. The van der Waals surface area contributed by atoms with Crippen molar-refractivity contribution >= 4 is 6.21 Å². The minimum atomic E-state index is 0.0761. The summed E-state index contributed by atoms with van der Waals surface area (Å²) in [6.07, 6.45) is 2.61. The summed E-state index contributed by atoms with van der Waals surface area (Å²) in [4.78, 5) is 4.54. The third-order valence-electron chi connectivity index (χ3n) is 3.01. The molecule has 19 heavy (non-hydrogen) atoms.